The molecule has 4 heteroatoms. The molecule has 0 fully saturated rings. The Morgan fingerprint density at radius 1 is 1.35 bits per heavy atom. The van der Waals surface area contributed by atoms with Crippen molar-refractivity contribution in [1.82, 2.24) is 10.3 Å². The molecule has 0 bridgehead atoms. The van der Waals surface area contributed by atoms with E-state index in [4.69, 9.17) is 0 Å². The Kier molecular flexibility index (Phi) is 6.17. The fourth-order valence-corrected chi connectivity index (χ4v) is 2.32. The summed E-state index contributed by atoms with van der Waals surface area (Å²) in [6, 6.07) is 6.09. The first-order chi connectivity index (χ1) is 9.57. The highest BCUT2D eigenvalue weighted by Gasteiger charge is 2.36. The van der Waals surface area contributed by atoms with Gasteiger partial charge in [0.15, 0.2) is 0 Å². The van der Waals surface area contributed by atoms with Crippen molar-refractivity contribution in [3.63, 3.8) is 0 Å². The topological polar surface area (TPSA) is 65.8 Å². The van der Waals surface area contributed by atoms with Crippen molar-refractivity contribution in [2.45, 2.75) is 53.0 Å². The fourth-order valence-electron chi connectivity index (χ4n) is 2.32. The van der Waals surface area contributed by atoms with Crippen LogP contribution in [0.15, 0.2) is 18.3 Å². The van der Waals surface area contributed by atoms with E-state index in [0.717, 1.165) is 24.1 Å². The molecule has 108 valence electrons. The Labute approximate surface area is 121 Å². The molecule has 0 aliphatic rings. The third-order valence-electron chi connectivity index (χ3n) is 3.43. The summed E-state index contributed by atoms with van der Waals surface area (Å²) in [4.78, 5) is 16.6. The summed E-state index contributed by atoms with van der Waals surface area (Å²) in [7, 11) is 0. The number of nitrogens with one attached hydrogen (secondary N) is 1. The number of nitrogens with zero attached hydrogens (tertiary/aromatic N) is 2. The number of pyridine rings is 1. The lowest BCUT2D eigenvalue weighted by Crippen LogP contribution is -2.39. The van der Waals surface area contributed by atoms with Crippen LogP contribution in [0.5, 0.6) is 0 Å². The van der Waals surface area contributed by atoms with Crippen LogP contribution < -0.4 is 5.32 Å². The fraction of sp³-hybridized carbons (Fsp3) is 0.562. The predicted molar refractivity (Wildman–Crippen MR) is 78.7 cm³/mol. The van der Waals surface area contributed by atoms with Gasteiger partial charge in [-0.2, -0.15) is 5.26 Å². The molecular weight excluding hydrogens is 250 g/mol. The minimum atomic E-state index is -0.887. The Hall–Kier alpha value is -1.89. The molecule has 20 heavy (non-hydrogen) atoms. The first kappa shape index (κ1) is 16.2. The number of rotatable bonds is 7. The number of carbonyl (C=O) groups excluding carboxylic acids is 1. The molecular formula is C16H23N3O. The van der Waals surface area contributed by atoms with Gasteiger partial charge in [0.1, 0.15) is 5.41 Å². The van der Waals surface area contributed by atoms with E-state index in [1.165, 1.54) is 0 Å². The molecule has 0 aromatic carbocycles. The van der Waals surface area contributed by atoms with Gasteiger partial charge in [0.2, 0.25) is 5.91 Å². The van der Waals surface area contributed by atoms with E-state index in [-0.39, 0.29) is 5.91 Å². The van der Waals surface area contributed by atoms with Gasteiger partial charge in [-0.25, -0.2) is 0 Å². The maximum Gasteiger partial charge on any atom is 0.240 e. The molecule has 0 saturated carbocycles. The second-order valence-corrected chi connectivity index (χ2v) is 5.18. The summed E-state index contributed by atoms with van der Waals surface area (Å²) >= 11 is 0. The van der Waals surface area contributed by atoms with E-state index in [2.05, 4.69) is 16.4 Å². The molecule has 0 spiro atoms. The van der Waals surface area contributed by atoms with E-state index in [1.54, 1.807) is 6.20 Å². The van der Waals surface area contributed by atoms with Crippen LogP contribution in [0.25, 0.3) is 0 Å². The first-order valence-electron chi connectivity index (χ1n) is 7.19. The predicted octanol–water partition coefficient (Wildman–Crippen LogP) is 3.12. The smallest absolute Gasteiger partial charge is 0.240 e. The second kappa shape index (κ2) is 7.64. The third kappa shape index (κ3) is 4.06. The van der Waals surface area contributed by atoms with Gasteiger partial charge in [0.25, 0.3) is 0 Å². The lowest BCUT2D eigenvalue weighted by atomic mass is 9.80. The lowest BCUT2D eigenvalue weighted by molar-refractivity contribution is -0.129. The molecule has 1 aromatic heterocycles. The summed E-state index contributed by atoms with van der Waals surface area (Å²) in [5, 5.41) is 12.3. The van der Waals surface area contributed by atoms with E-state index < -0.39 is 5.41 Å². The molecule has 0 aliphatic carbocycles. The highest BCUT2D eigenvalue weighted by molar-refractivity contribution is 5.85. The number of nitriles is 1. The second-order valence-electron chi connectivity index (χ2n) is 5.18. The van der Waals surface area contributed by atoms with Crippen molar-refractivity contribution in [2.75, 3.05) is 0 Å². The van der Waals surface area contributed by atoms with Crippen LogP contribution in [0, 0.1) is 23.7 Å². The van der Waals surface area contributed by atoms with Gasteiger partial charge in [-0.05, 0) is 31.4 Å². The zero-order chi connectivity index (χ0) is 15.0. The number of aromatic nitrogens is 1. The number of aryl methyl sites for hydroxylation is 1. The molecule has 0 aliphatic heterocycles. The normalized spacial score (nSPS) is 10.9. The average Bonchev–Trinajstić information content (AvgIpc) is 2.46. The van der Waals surface area contributed by atoms with Gasteiger partial charge in [-0.3, -0.25) is 9.78 Å². The number of amides is 1. The average molecular weight is 273 g/mol. The molecule has 0 saturated heterocycles. The lowest BCUT2D eigenvalue weighted by Gasteiger charge is -2.24. The minimum Gasteiger partial charge on any atom is -0.351 e. The summed E-state index contributed by atoms with van der Waals surface area (Å²) < 4.78 is 0. The van der Waals surface area contributed by atoms with Crippen LogP contribution in [-0.4, -0.2) is 10.9 Å². The van der Waals surface area contributed by atoms with Crippen molar-refractivity contribution in [3.8, 4) is 6.07 Å². The number of carbonyl (C=O) groups is 1. The Bertz CT molecular complexity index is 467. The molecule has 0 unspecified atom stereocenters. The van der Waals surface area contributed by atoms with Gasteiger partial charge in [0.05, 0.1) is 6.07 Å². The van der Waals surface area contributed by atoms with Crippen molar-refractivity contribution in [1.29, 1.82) is 5.26 Å². The maximum atomic E-state index is 12.4. The van der Waals surface area contributed by atoms with E-state index in [0.29, 0.717) is 19.4 Å². The molecule has 4 nitrogen and oxygen atoms in total. The first-order valence-corrected chi connectivity index (χ1v) is 7.19. The largest absolute Gasteiger partial charge is 0.351 e. The van der Waals surface area contributed by atoms with Gasteiger partial charge < -0.3 is 5.32 Å². The molecule has 0 radical (unpaired) electrons. The molecule has 1 aromatic rings. The Balaban J connectivity index is 2.71. The minimum absolute atomic E-state index is 0.163. The summed E-state index contributed by atoms with van der Waals surface area (Å²) in [5.41, 5.74) is 1.01. The SMILES string of the molecule is CCCC(C#N)(CCC)C(=O)NCc1ccc(C)nc1. The Morgan fingerprint density at radius 3 is 2.45 bits per heavy atom. The van der Waals surface area contributed by atoms with Gasteiger partial charge in [-0.15, -0.1) is 0 Å². The highest BCUT2D eigenvalue weighted by Crippen LogP contribution is 2.29. The Morgan fingerprint density at radius 2 is 2.00 bits per heavy atom. The number of hydrogen-bond acceptors (Lipinski definition) is 3. The summed E-state index contributed by atoms with van der Waals surface area (Å²) in [6.07, 6.45) is 4.62. The molecule has 1 rings (SSSR count). The van der Waals surface area contributed by atoms with Crippen molar-refractivity contribution in [3.05, 3.63) is 29.6 Å². The van der Waals surface area contributed by atoms with Crippen LogP contribution in [0.3, 0.4) is 0 Å². The molecule has 1 amide bonds. The van der Waals surface area contributed by atoms with Crippen LogP contribution in [0.4, 0.5) is 0 Å². The van der Waals surface area contributed by atoms with Crippen molar-refractivity contribution < 1.29 is 4.79 Å². The van der Waals surface area contributed by atoms with Crippen LogP contribution >= 0.6 is 0 Å². The molecule has 1 N–H and O–H groups in total. The van der Waals surface area contributed by atoms with Crippen LogP contribution in [-0.2, 0) is 11.3 Å². The zero-order valence-electron chi connectivity index (χ0n) is 12.6. The third-order valence-corrected chi connectivity index (χ3v) is 3.43. The molecule has 0 atom stereocenters. The monoisotopic (exact) mass is 273 g/mol. The van der Waals surface area contributed by atoms with E-state index >= 15 is 0 Å². The zero-order valence-corrected chi connectivity index (χ0v) is 12.6. The van der Waals surface area contributed by atoms with Crippen molar-refractivity contribution in [2.24, 2.45) is 5.41 Å². The van der Waals surface area contributed by atoms with Gasteiger partial charge >= 0.3 is 0 Å². The summed E-state index contributed by atoms with van der Waals surface area (Å²) in [5.74, 6) is -0.163. The van der Waals surface area contributed by atoms with Gasteiger partial charge in [0, 0.05) is 18.4 Å². The summed E-state index contributed by atoms with van der Waals surface area (Å²) in [6.45, 7) is 6.34. The van der Waals surface area contributed by atoms with Crippen LogP contribution in [0.1, 0.15) is 50.8 Å². The highest BCUT2D eigenvalue weighted by atomic mass is 16.2. The standard InChI is InChI=1S/C16H23N3O/c1-4-8-16(12-17,9-5-2)15(20)19-11-14-7-6-13(3)18-10-14/h6-7,10H,4-5,8-9,11H2,1-3H3,(H,19,20). The maximum absolute atomic E-state index is 12.4. The van der Waals surface area contributed by atoms with Crippen molar-refractivity contribution >= 4 is 5.91 Å². The quantitative estimate of drug-likeness (QED) is 0.830. The van der Waals surface area contributed by atoms with Gasteiger partial charge in [-0.1, -0.05) is 32.8 Å². The van der Waals surface area contributed by atoms with E-state index in [9.17, 15) is 10.1 Å². The van der Waals surface area contributed by atoms with Crippen LogP contribution in [0.2, 0.25) is 0 Å². The van der Waals surface area contributed by atoms with E-state index in [1.807, 2.05) is 32.9 Å². The molecule has 1 heterocycles. The number of hydrogen-bond donors (Lipinski definition) is 1.